The van der Waals surface area contributed by atoms with Crippen LogP contribution >= 0.6 is 24.0 Å². The van der Waals surface area contributed by atoms with Crippen LogP contribution in [0.4, 0.5) is 0 Å². The van der Waals surface area contributed by atoms with Gasteiger partial charge < -0.3 is 19.9 Å². The Labute approximate surface area is 151 Å². The molecule has 128 valence electrons. The summed E-state index contributed by atoms with van der Waals surface area (Å²) in [7, 11) is 4.23. The number of hydrogen-bond donors (Lipinski definition) is 1. The molecule has 0 aromatic heterocycles. The van der Waals surface area contributed by atoms with E-state index in [-0.39, 0.29) is 24.0 Å². The first kappa shape index (κ1) is 18.3. The second kappa shape index (κ2) is 7.66. The molecule has 3 aliphatic heterocycles. The summed E-state index contributed by atoms with van der Waals surface area (Å²) in [5.74, 6) is 2.57. The predicted octanol–water partition coefficient (Wildman–Crippen LogP) is 1.63. The summed E-state index contributed by atoms with van der Waals surface area (Å²) in [5.41, 5.74) is 0. The first-order valence-corrected chi connectivity index (χ1v) is 8.45. The Morgan fingerprint density at radius 1 is 1.27 bits per heavy atom. The molecule has 0 spiro atoms. The van der Waals surface area contributed by atoms with Gasteiger partial charge in [-0.1, -0.05) is 0 Å². The van der Waals surface area contributed by atoms with E-state index in [1.807, 2.05) is 0 Å². The second-order valence-corrected chi connectivity index (χ2v) is 7.03. The van der Waals surface area contributed by atoms with E-state index in [4.69, 9.17) is 9.73 Å². The molecule has 0 aromatic carbocycles. The fraction of sp³-hybridized carbons (Fsp3) is 0.938. The van der Waals surface area contributed by atoms with Crippen molar-refractivity contribution < 1.29 is 4.74 Å². The minimum absolute atomic E-state index is 0. The molecule has 0 aliphatic carbocycles. The molecule has 0 aromatic rings. The van der Waals surface area contributed by atoms with E-state index in [1.165, 1.54) is 12.8 Å². The number of nitrogens with zero attached hydrogens (tertiary/aromatic N) is 3. The lowest BCUT2D eigenvalue weighted by molar-refractivity contribution is 0.0767. The van der Waals surface area contributed by atoms with Crippen molar-refractivity contribution in [2.75, 3.05) is 40.3 Å². The van der Waals surface area contributed by atoms with E-state index in [0.29, 0.717) is 18.2 Å². The van der Waals surface area contributed by atoms with Crippen LogP contribution < -0.4 is 5.32 Å². The van der Waals surface area contributed by atoms with Crippen LogP contribution in [0.15, 0.2) is 4.99 Å². The van der Waals surface area contributed by atoms with E-state index in [0.717, 1.165) is 44.0 Å². The first-order valence-electron chi connectivity index (χ1n) is 8.45. The highest BCUT2D eigenvalue weighted by atomic mass is 127. The number of fused-ring (bicyclic) bond motifs is 5. The average molecular weight is 422 g/mol. The number of guanidine groups is 1. The maximum absolute atomic E-state index is 6.06. The number of likely N-dealkylation sites (tertiary alicyclic amines) is 1. The molecule has 5 nitrogen and oxygen atoms in total. The summed E-state index contributed by atoms with van der Waals surface area (Å²) in [5, 5.41) is 3.47. The third kappa shape index (κ3) is 3.53. The Kier molecular flexibility index (Phi) is 6.36. The van der Waals surface area contributed by atoms with Crippen LogP contribution in [0.3, 0.4) is 0 Å². The molecule has 5 unspecified atom stereocenters. The average Bonchev–Trinajstić information content (AvgIpc) is 3.13. The van der Waals surface area contributed by atoms with E-state index in [9.17, 15) is 0 Å². The van der Waals surface area contributed by atoms with Crippen LogP contribution in [-0.4, -0.2) is 74.3 Å². The predicted molar refractivity (Wildman–Crippen MR) is 101 cm³/mol. The third-order valence-electron chi connectivity index (χ3n) is 5.47. The van der Waals surface area contributed by atoms with Gasteiger partial charge in [0.1, 0.15) is 0 Å². The van der Waals surface area contributed by atoms with Crippen molar-refractivity contribution in [1.29, 1.82) is 0 Å². The molecule has 2 bridgehead atoms. The molecule has 3 aliphatic rings. The number of aliphatic imine (C=N–C) groups is 1. The fourth-order valence-corrected chi connectivity index (χ4v) is 3.94. The molecular formula is C16H31IN4O. The minimum Gasteiger partial charge on any atom is -0.374 e. The van der Waals surface area contributed by atoms with E-state index in [1.54, 1.807) is 0 Å². The van der Waals surface area contributed by atoms with Gasteiger partial charge in [-0.15, -0.1) is 24.0 Å². The SMILES string of the molecule is CCNC(=NCC(C)N(C)C)N1CC2C3CCC(O3)C2C1.I. The third-order valence-corrected chi connectivity index (χ3v) is 5.47. The van der Waals surface area contributed by atoms with Gasteiger partial charge in [0.2, 0.25) is 0 Å². The molecule has 5 atom stereocenters. The lowest BCUT2D eigenvalue weighted by Crippen LogP contribution is -2.42. The highest BCUT2D eigenvalue weighted by molar-refractivity contribution is 14.0. The zero-order valence-corrected chi connectivity index (χ0v) is 16.6. The first-order chi connectivity index (χ1) is 10.1. The highest BCUT2D eigenvalue weighted by Crippen LogP contribution is 2.47. The second-order valence-electron chi connectivity index (χ2n) is 7.03. The Bertz CT molecular complexity index is 386. The summed E-state index contributed by atoms with van der Waals surface area (Å²) in [6, 6.07) is 0.472. The quantitative estimate of drug-likeness (QED) is 0.425. The number of likely N-dealkylation sites (N-methyl/N-ethyl adjacent to an activating group) is 1. The fourth-order valence-electron chi connectivity index (χ4n) is 3.94. The van der Waals surface area contributed by atoms with E-state index in [2.05, 4.69) is 43.1 Å². The maximum Gasteiger partial charge on any atom is 0.193 e. The summed E-state index contributed by atoms with van der Waals surface area (Å²) in [6.45, 7) is 8.39. The van der Waals surface area contributed by atoms with Crippen LogP contribution in [0.1, 0.15) is 26.7 Å². The normalized spacial score (nSPS) is 34.8. The molecule has 1 N–H and O–H groups in total. The lowest BCUT2D eigenvalue weighted by Gasteiger charge is -2.25. The van der Waals surface area contributed by atoms with Crippen LogP contribution in [0.25, 0.3) is 0 Å². The zero-order valence-electron chi connectivity index (χ0n) is 14.3. The van der Waals surface area contributed by atoms with Gasteiger partial charge in [-0.3, -0.25) is 4.99 Å². The van der Waals surface area contributed by atoms with Gasteiger partial charge in [0.25, 0.3) is 0 Å². The van der Waals surface area contributed by atoms with Gasteiger partial charge >= 0.3 is 0 Å². The topological polar surface area (TPSA) is 40.1 Å². The molecule has 0 amide bonds. The maximum atomic E-state index is 6.06. The minimum atomic E-state index is 0. The van der Waals surface area contributed by atoms with Gasteiger partial charge in [-0.2, -0.15) is 0 Å². The number of rotatable bonds is 4. The summed E-state index contributed by atoms with van der Waals surface area (Å²) >= 11 is 0. The molecule has 22 heavy (non-hydrogen) atoms. The molecular weight excluding hydrogens is 391 g/mol. The number of nitrogens with one attached hydrogen (secondary N) is 1. The Hall–Kier alpha value is -0.0800. The monoisotopic (exact) mass is 422 g/mol. The van der Waals surface area contributed by atoms with Crippen molar-refractivity contribution >= 4 is 29.9 Å². The van der Waals surface area contributed by atoms with Gasteiger partial charge in [-0.05, 0) is 40.8 Å². The zero-order chi connectivity index (χ0) is 15.0. The van der Waals surface area contributed by atoms with Crippen molar-refractivity contribution in [2.24, 2.45) is 16.8 Å². The molecule has 3 fully saturated rings. The lowest BCUT2D eigenvalue weighted by atomic mass is 9.82. The molecule has 3 rings (SSSR count). The largest absolute Gasteiger partial charge is 0.374 e. The smallest absolute Gasteiger partial charge is 0.193 e. The standard InChI is InChI=1S/C16H30N4O.HI/c1-5-17-16(18-8-11(2)19(3)4)20-9-12-13(10-20)15-7-6-14(12)21-15;/h11-15H,5-10H2,1-4H3,(H,17,18);1H. The molecule has 3 heterocycles. The molecule has 3 saturated heterocycles. The highest BCUT2D eigenvalue weighted by Gasteiger charge is 2.53. The van der Waals surface area contributed by atoms with Crippen LogP contribution in [0.2, 0.25) is 0 Å². The summed E-state index contributed by atoms with van der Waals surface area (Å²) in [4.78, 5) is 9.55. The number of halogens is 1. The van der Waals surface area contributed by atoms with Gasteiger partial charge in [0.05, 0.1) is 18.8 Å². The molecule has 0 saturated carbocycles. The van der Waals surface area contributed by atoms with E-state index < -0.39 is 0 Å². The summed E-state index contributed by atoms with van der Waals surface area (Å²) in [6.07, 6.45) is 3.58. The van der Waals surface area contributed by atoms with Gasteiger partial charge in [0.15, 0.2) is 5.96 Å². The van der Waals surface area contributed by atoms with Crippen LogP contribution in [-0.2, 0) is 4.74 Å². The number of ether oxygens (including phenoxy) is 1. The van der Waals surface area contributed by atoms with Crippen molar-refractivity contribution in [3.05, 3.63) is 0 Å². The molecule has 0 radical (unpaired) electrons. The number of hydrogen-bond acceptors (Lipinski definition) is 3. The Morgan fingerprint density at radius 2 is 1.86 bits per heavy atom. The summed E-state index contributed by atoms with van der Waals surface area (Å²) < 4.78 is 6.06. The van der Waals surface area contributed by atoms with Crippen molar-refractivity contribution in [1.82, 2.24) is 15.1 Å². The van der Waals surface area contributed by atoms with Gasteiger partial charge in [0, 0.05) is 37.5 Å². The van der Waals surface area contributed by atoms with Crippen molar-refractivity contribution in [3.63, 3.8) is 0 Å². The van der Waals surface area contributed by atoms with Gasteiger partial charge in [-0.25, -0.2) is 0 Å². The van der Waals surface area contributed by atoms with Crippen molar-refractivity contribution in [3.8, 4) is 0 Å². The molecule has 6 heteroatoms. The van der Waals surface area contributed by atoms with E-state index >= 15 is 0 Å². The van der Waals surface area contributed by atoms with Crippen LogP contribution in [0.5, 0.6) is 0 Å². The Morgan fingerprint density at radius 3 is 2.36 bits per heavy atom. The van der Waals surface area contributed by atoms with Crippen LogP contribution in [0, 0.1) is 11.8 Å². The van der Waals surface area contributed by atoms with Crippen molar-refractivity contribution in [2.45, 2.75) is 44.9 Å². The Balaban J connectivity index is 0.00000176.